The highest BCUT2D eigenvalue weighted by atomic mass is 31.2. The molecule has 0 N–H and O–H groups in total. The second-order valence-electron chi connectivity index (χ2n) is 5.87. The first-order valence-corrected chi connectivity index (χ1v) is 9.37. The number of rotatable bonds is 4. The van der Waals surface area contributed by atoms with E-state index < -0.39 is 7.14 Å². The Kier molecular flexibility index (Phi) is 4.28. The van der Waals surface area contributed by atoms with E-state index in [0.29, 0.717) is 18.0 Å². The van der Waals surface area contributed by atoms with Gasteiger partial charge in [0, 0.05) is 23.4 Å². The van der Waals surface area contributed by atoms with Gasteiger partial charge in [0.2, 0.25) is 0 Å². The molecule has 2 nitrogen and oxygen atoms in total. The fraction of sp³-hybridized carbons (Fsp3) is 0.333. The molecule has 1 fully saturated rings. The molecule has 3 rings (SSSR count). The molecule has 0 bridgehead atoms. The minimum atomic E-state index is -2.59. The van der Waals surface area contributed by atoms with Crippen molar-refractivity contribution < 1.29 is 9.30 Å². The summed E-state index contributed by atoms with van der Waals surface area (Å²) in [5.74, 6) is 0.849. The van der Waals surface area contributed by atoms with E-state index in [0.717, 1.165) is 23.8 Å². The molecule has 0 spiro atoms. The maximum atomic E-state index is 13.9. The first kappa shape index (κ1) is 14.6. The highest BCUT2D eigenvalue weighted by Gasteiger charge is 2.35. The summed E-state index contributed by atoms with van der Waals surface area (Å²) in [5.41, 5.74) is 0. The van der Waals surface area contributed by atoms with Crippen LogP contribution in [-0.2, 0) is 9.30 Å². The highest BCUT2D eigenvalue weighted by molar-refractivity contribution is 7.78. The third-order valence-electron chi connectivity index (χ3n) is 4.36. The average Bonchev–Trinajstić information content (AvgIpc) is 2.94. The molecule has 2 aromatic carbocycles. The molecule has 1 aliphatic heterocycles. The summed E-state index contributed by atoms with van der Waals surface area (Å²) >= 11 is 0. The minimum Gasteiger partial charge on any atom is -0.381 e. The number of ether oxygens (including phenoxy) is 1. The van der Waals surface area contributed by atoms with Crippen molar-refractivity contribution in [1.82, 2.24) is 0 Å². The summed E-state index contributed by atoms with van der Waals surface area (Å²) in [6.45, 7) is 3.71. The molecule has 1 saturated heterocycles. The van der Waals surface area contributed by atoms with Gasteiger partial charge >= 0.3 is 0 Å². The molecular formula is C18H21O2P. The van der Waals surface area contributed by atoms with Gasteiger partial charge < -0.3 is 9.30 Å². The van der Waals surface area contributed by atoms with E-state index in [1.54, 1.807) is 0 Å². The zero-order chi connectivity index (χ0) is 14.7. The summed E-state index contributed by atoms with van der Waals surface area (Å²) in [5, 5.41) is 1.91. The molecule has 0 amide bonds. The lowest BCUT2D eigenvalue weighted by atomic mass is 10.0. The summed E-state index contributed by atoms with van der Waals surface area (Å²) in [7, 11) is -2.59. The SMILES string of the molecule is C[C@H]1COC[C@@H]1CP(=O)(c1ccccc1)c1ccccc1. The standard InChI is InChI=1S/C18H21O2P/c1-15-12-20-13-16(15)14-21(19,17-8-4-2-5-9-17)18-10-6-3-7-11-18/h2-11,15-16H,12-14H2,1H3/t15-,16+/m0/s1. The van der Waals surface area contributed by atoms with E-state index in [1.807, 2.05) is 60.7 Å². The zero-order valence-electron chi connectivity index (χ0n) is 12.3. The zero-order valence-corrected chi connectivity index (χ0v) is 13.2. The molecular weight excluding hydrogens is 279 g/mol. The van der Waals surface area contributed by atoms with Gasteiger partial charge in [-0.05, 0) is 11.8 Å². The van der Waals surface area contributed by atoms with Crippen molar-refractivity contribution in [2.45, 2.75) is 6.92 Å². The van der Waals surface area contributed by atoms with Crippen molar-refractivity contribution in [3.63, 3.8) is 0 Å². The van der Waals surface area contributed by atoms with Crippen LogP contribution in [-0.4, -0.2) is 19.4 Å². The van der Waals surface area contributed by atoms with Crippen LogP contribution in [0.4, 0.5) is 0 Å². The topological polar surface area (TPSA) is 26.3 Å². The summed E-state index contributed by atoms with van der Waals surface area (Å²) in [4.78, 5) is 0. The monoisotopic (exact) mass is 300 g/mol. The quantitative estimate of drug-likeness (QED) is 0.810. The van der Waals surface area contributed by atoms with Crippen LogP contribution in [0.15, 0.2) is 60.7 Å². The van der Waals surface area contributed by atoms with E-state index in [2.05, 4.69) is 6.92 Å². The van der Waals surface area contributed by atoms with E-state index in [1.165, 1.54) is 0 Å². The fourth-order valence-corrected chi connectivity index (χ4v) is 6.12. The van der Waals surface area contributed by atoms with Crippen LogP contribution in [0.1, 0.15) is 6.92 Å². The largest absolute Gasteiger partial charge is 0.381 e. The Morgan fingerprint density at radius 2 is 1.48 bits per heavy atom. The van der Waals surface area contributed by atoms with E-state index in [9.17, 15) is 4.57 Å². The molecule has 0 unspecified atom stereocenters. The third-order valence-corrected chi connectivity index (χ3v) is 7.60. The Bertz CT molecular complexity index is 581. The fourth-order valence-electron chi connectivity index (χ4n) is 2.97. The normalized spacial score (nSPS) is 22.3. The number of hydrogen-bond acceptors (Lipinski definition) is 2. The molecule has 3 heteroatoms. The maximum absolute atomic E-state index is 13.9. The lowest BCUT2D eigenvalue weighted by molar-refractivity contribution is 0.183. The van der Waals surface area contributed by atoms with Gasteiger partial charge in [0.25, 0.3) is 0 Å². The van der Waals surface area contributed by atoms with Crippen molar-refractivity contribution >= 4 is 17.8 Å². The van der Waals surface area contributed by atoms with Crippen molar-refractivity contribution in [2.75, 3.05) is 19.4 Å². The molecule has 0 radical (unpaired) electrons. The van der Waals surface area contributed by atoms with Gasteiger partial charge in [-0.15, -0.1) is 0 Å². The van der Waals surface area contributed by atoms with Gasteiger partial charge in [0.1, 0.15) is 7.14 Å². The van der Waals surface area contributed by atoms with Gasteiger partial charge in [-0.25, -0.2) is 0 Å². The van der Waals surface area contributed by atoms with Crippen molar-refractivity contribution in [1.29, 1.82) is 0 Å². The first-order valence-electron chi connectivity index (χ1n) is 7.48. The molecule has 1 heterocycles. The first-order chi connectivity index (χ1) is 10.2. The molecule has 2 aromatic rings. The molecule has 0 aliphatic carbocycles. The minimum absolute atomic E-state index is 0.372. The molecule has 110 valence electrons. The Hall–Kier alpha value is -1.37. The summed E-state index contributed by atoms with van der Waals surface area (Å²) in [6.07, 6.45) is 0.697. The smallest absolute Gasteiger partial charge is 0.143 e. The Balaban J connectivity index is 2.01. The lowest BCUT2D eigenvalue weighted by Crippen LogP contribution is -2.24. The summed E-state index contributed by atoms with van der Waals surface area (Å²) in [6, 6.07) is 19.8. The third kappa shape index (κ3) is 2.97. The van der Waals surface area contributed by atoms with Crippen LogP contribution >= 0.6 is 7.14 Å². The van der Waals surface area contributed by atoms with E-state index in [-0.39, 0.29) is 0 Å². The van der Waals surface area contributed by atoms with Crippen LogP contribution in [0.25, 0.3) is 0 Å². The van der Waals surface area contributed by atoms with Gasteiger partial charge in [-0.3, -0.25) is 0 Å². The Morgan fingerprint density at radius 1 is 0.952 bits per heavy atom. The van der Waals surface area contributed by atoms with Gasteiger partial charge in [-0.1, -0.05) is 67.6 Å². The van der Waals surface area contributed by atoms with Crippen molar-refractivity contribution in [3.8, 4) is 0 Å². The van der Waals surface area contributed by atoms with E-state index in [4.69, 9.17) is 4.74 Å². The average molecular weight is 300 g/mol. The predicted octanol–water partition coefficient (Wildman–Crippen LogP) is 3.28. The van der Waals surface area contributed by atoms with Crippen LogP contribution < -0.4 is 10.6 Å². The van der Waals surface area contributed by atoms with Crippen LogP contribution in [0.2, 0.25) is 0 Å². The van der Waals surface area contributed by atoms with Crippen LogP contribution in [0.3, 0.4) is 0 Å². The molecule has 0 aromatic heterocycles. The van der Waals surface area contributed by atoms with Gasteiger partial charge in [0.05, 0.1) is 6.61 Å². The molecule has 21 heavy (non-hydrogen) atoms. The van der Waals surface area contributed by atoms with Crippen LogP contribution in [0.5, 0.6) is 0 Å². The summed E-state index contributed by atoms with van der Waals surface area (Å²) < 4.78 is 19.4. The molecule has 2 atom stereocenters. The Morgan fingerprint density at radius 3 is 1.90 bits per heavy atom. The Labute approximate surface area is 126 Å². The molecule has 0 saturated carbocycles. The number of benzene rings is 2. The van der Waals surface area contributed by atoms with E-state index >= 15 is 0 Å². The van der Waals surface area contributed by atoms with Gasteiger partial charge in [-0.2, -0.15) is 0 Å². The van der Waals surface area contributed by atoms with Crippen LogP contribution in [0, 0.1) is 11.8 Å². The van der Waals surface area contributed by atoms with Gasteiger partial charge in [0.15, 0.2) is 0 Å². The lowest BCUT2D eigenvalue weighted by Gasteiger charge is -2.24. The number of hydrogen-bond donors (Lipinski definition) is 0. The van der Waals surface area contributed by atoms with Crippen molar-refractivity contribution in [2.24, 2.45) is 11.8 Å². The molecule has 1 aliphatic rings. The van der Waals surface area contributed by atoms with Crippen molar-refractivity contribution in [3.05, 3.63) is 60.7 Å². The second-order valence-corrected chi connectivity index (χ2v) is 8.75. The highest BCUT2D eigenvalue weighted by Crippen LogP contribution is 2.47. The maximum Gasteiger partial charge on any atom is 0.143 e. The second kappa shape index (κ2) is 6.17. The predicted molar refractivity (Wildman–Crippen MR) is 88.1 cm³/mol.